The standard InChI is InChI=1S/C14H9Cl2FN2O6S/c15-10-3-1-8(5-13(10)26(17,23)24)18-14(20)7-25-12-4-2-9(19(21)22)6-11(12)16/h1-6H,7H2,(H,18,20). The molecule has 0 spiro atoms. The fourth-order valence-electron chi connectivity index (χ4n) is 1.83. The maximum atomic E-state index is 13.1. The molecule has 2 aromatic carbocycles. The Labute approximate surface area is 156 Å². The van der Waals surface area contributed by atoms with Crippen molar-refractivity contribution in [1.29, 1.82) is 0 Å². The van der Waals surface area contributed by atoms with Gasteiger partial charge < -0.3 is 10.1 Å². The van der Waals surface area contributed by atoms with Gasteiger partial charge in [-0.15, -0.1) is 3.89 Å². The molecule has 1 N–H and O–H groups in total. The van der Waals surface area contributed by atoms with Crippen LogP contribution in [0.2, 0.25) is 10.0 Å². The van der Waals surface area contributed by atoms with Gasteiger partial charge in [0, 0.05) is 17.8 Å². The summed E-state index contributed by atoms with van der Waals surface area (Å²) in [5, 5.41) is 12.5. The number of nitrogens with one attached hydrogen (secondary N) is 1. The van der Waals surface area contributed by atoms with Crippen LogP contribution in [0.25, 0.3) is 0 Å². The summed E-state index contributed by atoms with van der Waals surface area (Å²) in [6, 6.07) is 6.67. The maximum Gasteiger partial charge on any atom is 0.333 e. The van der Waals surface area contributed by atoms with E-state index in [1.807, 2.05) is 0 Å². The summed E-state index contributed by atoms with van der Waals surface area (Å²) < 4.78 is 40.2. The van der Waals surface area contributed by atoms with Crippen molar-refractivity contribution in [2.75, 3.05) is 11.9 Å². The van der Waals surface area contributed by atoms with E-state index in [9.17, 15) is 27.2 Å². The number of nitro benzene ring substituents is 1. The van der Waals surface area contributed by atoms with Gasteiger partial charge in [-0.25, -0.2) is 0 Å². The summed E-state index contributed by atoms with van der Waals surface area (Å²) in [6.07, 6.45) is 0. The predicted molar refractivity (Wildman–Crippen MR) is 92.0 cm³/mol. The summed E-state index contributed by atoms with van der Waals surface area (Å²) in [4.78, 5) is 21.1. The molecule has 0 aliphatic heterocycles. The second-order valence-electron chi connectivity index (χ2n) is 4.79. The molecule has 0 atom stereocenters. The molecule has 0 fully saturated rings. The van der Waals surface area contributed by atoms with Crippen molar-refractivity contribution in [2.24, 2.45) is 0 Å². The van der Waals surface area contributed by atoms with Crippen LogP contribution in [0.15, 0.2) is 41.3 Å². The highest BCUT2D eigenvalue weighted by Gasteiger charge is 2.18. The number of hydrogen-bond acceptors (Lipinski definition) is 6. The Bertz CT molecular complexity index is 983. The van der Waals surface area contributed by atoms with Gasteiger partial charge in [-0.3, -0.25) is 14.9 Å². The number of nitrogens with zero attached hydrogens (tertiary/aromatic N) is 1. The van der Waals surface area contributed by atoms with E-state index in [2.05, 4.69) is 5.32 Å². The minimum absolute atomic E-state index is 0.0194. The van der Waals surface area contributed by atoms with Crippen LogP contribution >= 0.6 is 23.2 Å². The van der Waals surface area contributed by atoms with Gasteiger partial charge in [-0.1, -0.05) is 23.2 Å². The first-order chi connectivity index (χ1) is 12.1. The molecule has 0 aromatic heterocycles. The van der Waals surface area contributed by atoms with Crippen LogP contribution in [0.4, 0.5) is 15.3 Å². The Balaban J connectivity index is 2.05. The van der Waals surface area contributed by atoms with Gasteiger partial charge in [0.05, 0.1) is 15.0 Å². The smallest absolute Gasteiger partial charge is 0.333 e. The molecule has 8 nitrogen and oxygen atoms in total. The van der Waals surface area contributed by atoms with Gasteiger partial charge in [-0.05, 0) is 24.3 Å². The molecule has 0 bridgehead atoms. The first kappa shape index (κ1) is 19.9. The van der Waals surface area contributed by atoms with Gasteiger partial charge in [0.1, 0.15) is 10.6 Å². The zero-order chi connectivity index (χ0) is 19.5. The molecule has 1 amide bonds. The van der Waals surface area contributed by atoms with Crippen molar-refractivity contribution in [2.45, 2.75) is 4.90 Å². The SMILES string of the molecule is O=C(COc1ccc([N+](=O)[O-])cc1Cl)Nc1ccc(Cl)c(S(=O)(=O)F)c1. The largest absolute Gasteiger partial charge is 0.482 e. The van der Waals surface area contributed by atoms with Gasteiger partial charge in [0.2, 0.25) is 0 Å². The van der Waals surface area contributed by atoms with Gasteiger partial charge in [-0.2, -0.15) is 8.42 Å². The van der Waals surface area contributed by atoms with E-state index >= 15 is 0 Å². The van der Waals surface area contributed by atoms with E-state index in [0.717, 1.165) is 24.3 Å². The van der Waals surface area contributed by atoms with Gasteiger partial charge in [0.15, 0.2) is 6.61 Å². The molecule has 26 heavy (non-hydrogen) atoms. The zero-order valence-electron chi connectivity index (χ0n) is 12.6. The number of ether oxygens (including phenoxy) is 1. The first-order valence-corrected chi connectivity index (χ1v) is 8.82. The average Bonchev–Trinajstić information content (AvgIpc) is 2.54. The highest BCUT2D eigenvalue weighted by molar-refractivity contribution is 7.86. The molecule has 0 saturated carbocycles. The molecule has 138 valence electrons. The summed E-state index contributed by atoms with van der Waals surface area (Å²) in [6.45, 7) is -0.530. The maximum absolute atomic E-state index is 13.1. The monoisotopic (exact) mass is 422 g/mol. The lowest BCUT2D eigenvalue weighted by atomic mass is 10.3. The van der Waals surface area contributed by atoms with Crippen LogP contribution in [0.1, 0.15) is 0 Å². The summed E-state index contributed by atoms with van der Waals surface area (Å²) in [5.74, 6) is -0.667. The molecule has 0 aliphatic rings. The second-order valence-corrected chi connectivity index (χ2v) is 6.92. The van der Waals surface area contributed by atoms with E-state index < -0.39 is 32.6 Å². The van der Waals surface area contributed by atoms with Crippen molar-refractivity contribution < 1.29 is 26.8 Å². The molecular formula is C14H9Cl2FN2O6S. The number of rotatable bonds is 6. The van der Waals surface area contributed by atoms with E-state index in [-0.39, 0.29) is 27.2 Å². The van der Waals surface area contributed by atoms with E-state index in [4.69, 9.17) is 27.9 Å². The Morgan fingerprint density at radius 1 is 1.19 bits per heavy atom. The Kier molecular flexibility index (Phi) is 6.01. The summed E-state index contributed by atoms with van der Waals surface area (Å²) in [5.41, 5.74) is -0.262. The van der Waals surface area contributed by atoms with Crippen LogP contribution in [0.3, 0.4) is 0 Å². The van der Waals surface area contributed by atoms with Crippen LogP contribution in [0, 0.1) is 10.1 Å². The number of hydrogen-bond donors (Lipinski definition) is 1. The summed E-state index contributed by atoms with van der Waals surface area (Å²) >= 11 is 11.4. The third-order valence-electron chi connectivity index (χ3n) is 2.96. The normalized spacial score (nSPS) is 11.0. The van der Waals surface area contributed by atoms with Crippen molar-refractivity contribution in [3.8, 4) is 5.75 Å². The Hall–Kier alpha value is -2.43. The van der Waals surface area contributed by atoms with Gasteiger partial charge >= 0.3 is 10.2 Å². The molecule has 0 heterocycles. The fraction of sp³-hybridized carbons (Fsp3) is 0.0714. The third-order valence-corrected chi connectivity index (χ3v) is 4.56. The molecule has 2 rings (SSSR count). The highest BCUT2D eigenvalue weighted by atomic mass is 35.5. The van der Waals surface area contributed by atoms with E-state index in [0.29, 0.717) is 0 Å². The first-order valence-electron chi connectivity index (χ1n) is 6.69. The topological polar surface area (TPSA) is 116 Å². The van der Waals surface area contributed by atoms with Crippen molar-refractivity contribution in [3.05, 3.63) is 56.6 Å². The average molecular weight is 423 g/mol. The fourth-order valence-corrected chi connectivity index (χ4v) is 3.02. The molecule has 0 unspecified atom stereocenters. The van der Waals surface area contributed by atoms with Crippen molar-refractivity contribution in [1.82, 2.24) is 0 Å². The minimum atomic E-state index is -5.05. The molecule has 2 aromatic rings. The van der Waals surface area contributed by atoms with E-state index in [1.165, 1.54) is 12.1 Å². The second kappa shape index (κ2) is 7.85. The highest BCUT2D eigenvalue weighted by Crippen LogP contribution is 2.29. The number of halogens is 3. The minimum Gasteiger partial charge on any atom is -0.482 e. The van der Waals surface area contributed by atoms with Crippen LogP contribution in [-0.4, -0.2) is 25.9 Å². The number of amides is 1. The lowest BCUT2D eigenvalue weighted by Gasteiger charge is -2.09. The molecular weight excluding hydrogens is 414 g/mol. The Morgan fingerprint density at radius 3 is 2.46 bits per heavy atom. The number of carbonyl (C=O) groups is 1. The number of non-ortho nitro benzene ring substituents is 1. The Morgan fingerprint density at radius 2 is 1.88 bits per heavy atom. The van der Waals surface area contributed by atoms with Crippen LogP contribution in [0.5, 0.6) is 5.75 Å². The van der Waals surface area contributed by atoms with E-state index in [1.54, 1.807) is 0 Å². The number of benzene rings is 2. The summed E-state index contributed by atoms with van der Waals surface area (Å²) in [7, 11) is -5.05. The van der Waals surface area contributed by atoms with Gasteiger partial charge in [0.25, 0.3) is 11.6 Å². The number of anilines is 1. The zero-order valence-corrected chi connectivity index (χ0v) is 14.9. The lowest BCUT2D eigenvalue weighted by Crippen LogP contribution is -2.20. The van der Waals surface area contributed by atoms with Crippen LogP contribution in [-0.2, 0) is 15.0 Å². The molecule has 0 radical (unpaired) electrons. The predicted octanol–water partition coefficient (Wildman–Crippen LogP) is 3.58. The molecule has 12 heteroatoms. The molecule has 0 saturated heterocycles. The van der Waals surface area contributed by atoms with Crippen LogP contribution < -0.4 is 10.1 Å². The van der Waals surface area contributed by atoms with Crippen molar-refractivity contribution >= 4 is 50.7 Å². The number of carbonyl (C=O) groups excluding carboxylic acids is 1. The molecule has 0 aliphatic carbocycles. The quantitative estimate of drug-likeness (QED) is 0.432. The number of nitro groups is 1. The van der Waals surface area contributed by atoms with Crippen molar-refractivity contribution in [3.63, 3.8) is 0 Å². The lowest BCUT2D eigenvalue weighted by molar-refractivity contribution is -0.384. The third kappa shape index (κ3) is 5.04.